The Kier molecular flexibility index (Phi) is 8.04. The fraction of sp³-hybridized carbons (Fsp3) is 1.00. The second-order valence-electron chi connectivity index (χ2n) is 6.17. The zero-order valence-corrected chi connectivity index (χ0v) is 12.3. The zero-order chi connectivity index (χ0) is 12.6. The van der Waals surface area contributed by atoms with E-state index in [9.17, 15) is 0 Å². The van der Waals surface area contributed by atoms with Crippen molar-refractivity contribution in [2.24, 2.45) is 0 Å². The van der Waals surface area contributed by atoms with Crippen molar-refractivity contribution in [2.75, 3.05) is 20.1 Å². The number of rotatable bonds is 8. The summed E-state index contributed by atoms with van der Waals surface area (Å²) >= 11 is 0. The molecule has 98 valence electrons. The van der Waals surface area contributed by atoms with Gasteiger partial charge < -0.3 is 10.2 Å². The monoisotopic (exact) mass is 228 g/mol. The highest BCUT2D eigenvalue weighted by molar-refractivity contribution is 4.69. The van der Waals surface area contributed by atoms with Gasteiger partial charge in [0, 0.05) is 11.6 Å². The molecule has 0 rings (SSSR count). The van der Waals surface area contributed by atoms with Gasteiger partial charge in [-0.2, -0.15) is 0 Å². The molecule has 2 nitrogen and oxygen atoms in total. The van der Waals surface area contributed by atoms with Gasteiger partial charge in [-0.25, -0.2) is 0 Å². The molecule has 0 unspecified atom stereocenters. The predicted molar refractivity (Wildman–Crippen MR) is 74.0 cm³/mol. The Morgan fingerprint density at radius 1 is 1.00 bits per heavy atom. The minimum Gasteiger partial charge on any atom is -0.312 e. The lowest BCUT2D eigenvalue weighted by Crippen LogP contribution is -2.36. The first-order valence-electron chi connectivity index (χ1n) is 6.78. The van der Waals surface area contributed by atoms with Gasteiger partial charge in [0.1, 0.15) is 0 Å². The molecule has 0 radical (unpaired) electrons. The van der Waals surface area contributed by atoms with Crippen molar-refractivity contribution in [1.29, 1.82) is 0 Å². The topological polar surface area (TPSA) is 15.3 Å². The highest BCUT2D eigenvalue weighted by Crippen LogP contribution is 2.04. The lowest BCUT2D eigenvalue weighted by molar-refractivity contribution is 0.267. The van der Waals surface area contributed by atoms with Crippen molar-refractivity contribution in [3.8, 4) is 0 Å². The van der Waals surface area contributed by atoms with Crippen LogP contribution in [0, 0.1) is 0 Å². The van der Waals surface area contributed by atoms with Crippen molar-refractivity contribution < 1.29 is 0 Å². The van der Waals surface area contributed by atoms with Crippen LogP contribution in [0.5, 0.6) is 0 Å². The van der Waals surface area contributed by atoms with Crippen molar-refractivity contribution in [3.05, 3.63) is 0 Å². The second kappa shape index (κ2) is 8.08. The van der Waals surface area contributed by atoms with E-state index in [0.29, 0.717) is 6.04 Å². The molecule has 0 aromatic heterocycles. The van der Waals surface area contributed by atoms with E-state index in [2.05, 4.69) is 51.9 Å². The van der Waals surface area contributed by atoms with Gasteiger partial charge in [-0.15, -0.1) is 0 Å². The van der Waals surface area contributed by atoms with E-state index in [1.54, 1.807) is 0 Å². The summed E-state index contributed by atoms with van der Waals surface area (Å²) in [5, 5.41) is 3.53. The summed E-state index contributed by atoms with van der Waals surface area (Å²) in [4.78, 5) is 2.42. The molecule has 0 aliphatic carbocycles. The zero-order valence-electron chi connectivity index (χ0n) is 12.3. The van der Waals surface area contributed by atoms with Crippen LogP contribution in [0.15, 0.2) is 0 Å². The van der Waals surface area contributed by atoms with Crippen molar-refractivity contribution in [2.45, 2.75) is 71.9 Å². The summed E-state index contributed by atoms with van der Waals surface area (Å²) in [5.41, 5.74) is 0.276. The molecular formula is C14H32N2. The summed E-state index contributed by atoms with van der Waals surface area (Å²) in [5.74, 6) is 0. The molecular weight excluding hydrogens is 196 g/mol. The Balaban J connectivity index is 3.22. The SMILES string of the molecule is CC(C)N(C)CCCCCCNC(C)(C)C. The van der Waals surface area contributed by atoms with E-state index in [1.165, 1.54) is 32.2 Å². The maximum Gasteiger partial charge on any atom is 0.00965 e. The van der Waals surface area contributed by atoms with Gasteiger partial charge in [-0.3, -0.25) is 0 Å². The van der Waals surface area contributed by atoms with Crippen LogP contribution in [0.1, 0.15) is 60.3 Å². The third-order valence-electron chi connectivity index (χ3n) is 2.97. The average Bonchev–Trinajstić information content (AvgIpc) is 2.14. The minimum absolute atomic E-state index is 0.276. The van der Waals surface area contributed by atoms with Gasteiger partial charge in [0.25, 0.3) is 0 Å². The van der Waals surface area contributed by atoms with E-state index in [4.69, 9.17) is 0 Å². The van der Waals surface area contributed by atoms with Gasteiger partial charge in [-0.1, -0.05) is 12.8 Å². The van der Waals surface area contributed by atoms with E-state index in [-0.39, 0.29) is 5.54 Å². The number of hydrogen-bond acceptors (Lipinski definition) is 2. The molecule has 0 heterocycles. The summed E-state index contributed by atoms with van der Waals surface area (Å²) in [6.45, 7) is 13.6. The molecule has 0 saturated carbocycles. The molecule has 0 aromatic carbocycles. The average molecular weight is 228 g/mol. The van der Waals surface area contributed by atoms with E-state index in [1.807, 2.05) is 0 Å². The van der Waals surface area contributed by atoms with Crippen LogP contribution in [0.2, 0.25) is 0 Å². The molecule has 2 heteroatoms. The predicted octanol–water partition coefficient (Wildman–Crippen LogP) is 3.28. The third-order valence-corrected chi connectivity index (χ3v) is 2.97. The minimum atomic E-state index is 0.276. The quantitative estimate of drug-likeness (QED) is 0.641. The second-order valence-corrected chi connectivity index (χ2v) is 6.17. The Morgan fingerprint density at radius 3 is 2.06 bits per heavy atom. The van der Waals surface area contributed by atoms with Crippen LogP contribution in [-0.4, -0.2) is 36.6 Å². The maximum absolute atomic E-state index is 3.53. The molecule has 16 heavy (non-hydrogen) atoms. The normalized spacial score (nSPS) is 12.8. The highest BCUT2D eigenvalue weighted by atomic mass is 15.1. The third kappa shape index (κ3) is 10.4. The van der Waals surface area contributed by atoms with E-state index in [0.717, 1.165) is 6.54 Å². The molecule has 0 bridgehead atoms. The lowest BCUT2D eigenvalue weighted by Gasteiger charge is -2.21. The number of hydrogen-bond donors (Lipinski definition) is 1. The summed E-state index contributed by atoms with van der Waals surface area (Å²) in [6, 6.07) is 0.683. The summed E-state index contributed by atoms with van der Waals surface area (Å²) in [7, 11) is 2.21. The van der Waals surface area contributed by atoms with Crippen LogP contribution >= 0.6 is 0 Å². The van der Waals surface area contributed by atoms with Crippen LogP contribution < -0.4 is 5.32 Å². The first-order chi connectivity index (χ1) is 7.33. The fourth-order valence-corrected chi connectivity index (χ4v) is 1.56. The van der Waals surface area contributed by atoms with Gasteiger partial charge in [-0.05, 0) is 67.6 Å². The van der Waals surface area contributed by atoms with Crippen molar-refractivity contribution >= 4 is 0 Å². The molecule has 0 aliphatic heterocycles. The maximum atomic E-state index is 3.53. The van der Waals surface area contributed by atoms with Crippen LogP contribution in [-0.2, 0) is 0 Å². The van der Waals surface area contributed by atoms with Gasteiger partial charge in [0.05, 0.1) is 0 Å². The number of nitrogens with one attached hydrogen (secondary N) is 1. The van der Waals surface area contributed by atoms with Crippen LogP contribution in [0.4, 0.5) is 0 Å². The molecule has 0 amide bonds. The largest absolute Gasteiger partial charge is 0.312 e. The molecule has 1 N–H and O–H groups in total. The van der Waals surface area contributed by atoms with Crippen molar-refractivity contribution in [3.63, 3.8) is 0 Å². The molecule has 0 aromatic rings. The Hall–Kier alpha value is -0.0800. The number of unbranched alkanes of at least 4 members (excludes halogenated alkanes) is 3. The standard InChI is InChI=1S/C14H32N2/c1-13(2)16(6)12-10-8-7-9-11-15-14(3,4)5/h13,15H,7-12H2,1-6H3. The van der Waals surface area contributed by atoms with E-state index >= 15 is 0 Å². The molecule has 0 spiro atoms. The Morgan fingerprint density at radius 2 is 1.56 bits per heavy atom. The first-order valence-corrected chi connectivity index (χ1v) is 6.78. The van der Waals surface area contributed by atoms with E-state index < -0.39 is 0 Å². The Labute approximate surface area is 103 Å². The van der Waals surface area contributed by atoms with Gasteiger partial charge in [0.15, 0.2) is 0 Å². The summed E-state index contributed by atoms with van der Waals surface area (Å²) in [6.07, 6.45) is 5.37. The van der Waals surface area contributed by atoms with Gasteiger partial charge >= 0.3 is 0 Å². The fourth-order valence-electron chi connectivity index (χ4n) is 1.56. The van der Waals surface area contributed by atoms with Crippen molar-refractivity contribution in [1.82, 2.24) is 10.2 Å². The van der Waals surface area contributed by atoms with Crippen LogP contribution in [0.25, 0.3) is 0 Å². The molecule has 0 saturated heterocycles. The molecule has 0 atom stereocenters. The lowest BCUT2D eigenvalue weighted by atomic mass is 10.1. The van der Waals surface area contributed by atoms with Gasteiger partial charge in [0.2, 0.25) is 0 Å². The first kappa shape index (κ1) is 15.9. The Bertz CT molecular complexity index is 159. The van der Waals surface area contributed by atoms with Crippen LogP contribution in [0.3, 0.4) is 0 Å². The summed E-state index contributed by atoms with van der Waals surface area (Å²) < 4.78 is 0. The molecule has 0 fully saturated rings. The number of nitrogens with zero attached hydrogens (tertiary/aromatic N) is 1. The highest BCUT2D eigenvalue weighted by Gasteiger charge is 2.07. The molecule has 0 aliphatic rings. The smallest absolute Gasteiger partial charge is 0.00965 e.